The molecule has 4 N–H and O–H groups in total. The van der Waals surface area contributed by atoms with Crippen LogP contribution in [0, 0.1) is 0 Å². The highest BCUT2D eigenvalue weighted by molar-refractivity contribution is 5.90. The molecule has 7 heteroatoms. The van der Waals surface area contributed by atoms with Gasteiger partial charge in [-0.2, -0.15) is 5.10 Å². The van der Waals surface area contributed by atoms with E-state index in [2.05, 4.69) is 15.7 Å². The number of primary amides is 1. The first kappa shape index (κ1) is 17.0. The normalized spacial score (nSPS) is 17.0. The van der Waals surface area contributed by atoms with E-state index in [-0.39, 0.29) is 12.1 Å². The van der Waals surface area contributed by atoms with Crippen molar-refractivity contribution in [3.05, 3.63) is 48.3 Å². The predicted octanol–water partition coefficient (Wildman–Crippen LogP) is 2.03. The average molecular weight is 341 g/mol. The lowest BCUT2D eigenvalue weighted by atomic mass is 9.97. The molecule has 1 aromatic heterocycles. The fourth-order valence-corrected chi connectivity index (χ4v) is 3.41. The van der Waals surface area contributed by atoms with Crippen LogP contribution in [0.4, 0.5) is 4.79 Å². The van der Waals surface area contributed by atoms with Crippen LogP contribution in [-0.4, -0.2) is 27.3 Å². The molecular weight excluding hydrogens is 318 g/mol. The first-order valence-electron chi connectivity index (χ1n) is 8.49. The molecule has 0 saturated heterocycles. The van der Waals surface area contributed by atoms with E-state index in [0.717, 1.165) is 24.1 Å². The third-order valence-corrected chi connectivity index (χ3v) is 4.78. The summed E-state index contributed by atoms with van der Waals surface area (Å²) in [6.07, 6.45) is 6.52. The van der Waals surface area contributed by atoms with E-state index >= 15 is 0 Å². The van der Waals surface area contributed by atoms with Gasteiger partial charge in [0.25, 0.3) is 0 Å². The predicted molar refractivity (Wildman–Crippen MR) is 94.0 cm³/mol. The number of aromatic nitrogens is 2. The second kappa shape index (κ2) is 6.96. The molecule has 1 heterocycles. The SMILES string of the molecule is C[C@@H](NC(=O)NC1(C(N)=O)CCCC1)c1ccccc1-n1cccn1. The van der Waals surface area contributed by atoms with Gasteiger partial charge in [-0.25, -0.2) is 9.48 Å². The van der Waals surface area contributed by atoms with Gasteiger partial charge < -0.3 is 16.4 Å². The van der Waals surface area contributed by atoms with Crippen molar-refractivity contribution in [3.63, 3.8) is 0 Å². The van der Waals surface area contributed by atoms with Crippen LogP contribution in [0.5, 0.6) is 0 Å². The van der Waals surface area contributed by atoms with Gasteiger partial charge in [-0.05, 0) is 37.5 Å². The third kappa shape index (κ3) is 3.50. The average Bonchev–Trinajstić information content (AvgIpc) is 3.27. The lowest BCUT2D eigenvalue weighted by Gasteiger charge is -2.28. The standard InChI is InChI=1S/C18H23N5O2/c1-13(14-7-2-3-8-15(14)23-12-6-11-20-23)21-17(25)22-18(16(19)24)9-4-5-10-18/h2-3,6-8,11-13H,4-5,9-10H2,1H3,(H2,19,24)(H2,21,22,25)/t13-/m1/s1. The molecule has 1 aliphatic rings. The second-order valence-electron chi connectivity index (χ2n) is 6.48. The molecule has 0 unspecified atom stereocenters. The number of urea groups is 1. The largest absolute Gasteiger partial charge is 0.368 e. The Morgan fingerprint density at radius 3 is 2.60 bits per heavy atom. The summed E-state index contributed by atoms with van der Waals surface area (Å²) < 4.78 is 1.76. The fourth-order valence-electron chi connectivity index (χ4n) is 3.41. The minimum atomic E-state index is -0.925. The minimum absolute atomic E-state index is 0.258. The molecule has 7 nitrogen and oxygen atoms in total. The van der Waals surface area contributed by atoms with E-state index in [9.17, 15) is 9.59 Å². The van der Waals surface area contributed by atoms with E-state index in [0.29, 0.717) is 12.8 Å². The fraction of sp³-hybridized carbons (Fsp3) is 0.389. The summed E-state index contributed by atoms with van der Waals surface area (Å²) in [5, 5.41) is 9.96. The van der Waals surface area contributed by atoms with Crippen LogP contribution in [0.25, 0.3) is 5.69 Å². The van der Waals surface area contributed by atoms with Gasteiger partial charge in [-0.1, -0.05) is 31.0 Å². The quantitative estimate of drug-likeness (QED) is 0.775. The number of carbonyl (C=O) groups is 2. The number of nitrogens with zero attached hydrogens (tertiary/aromatic N) is 2. The first-order chi connectivity index (χ1) is 12.0. The summed E-state index contributed by atoms with van der Waals surface area (Å²) >= 11 is 0. The Morgan fingerprint density at radius 2 is 1.96 bits per heavy atom. The molecule has 25 heavy (non-hydrogen) atoms. The number of benzene rings is 1. The molecular formula is C18H23N5O2. The summed E-state index contributed by atoms with van der Waals surface area (Å²) in [5.41, 5.74) is 6.42. The molecule has 0 radical (unpaired) electrons. The first-order valence-corrected chi connectivity index (χ1v) is 8.49. The minimum Gasteiger partial charge on any atom is -0.368 e. The number of hydrogen-bond donors (Lipinski definition) is 3. The van der Waals surface area contributed by atoms with E-state index in [1.165, 1.54) is 0 Å². The zero-order chi connectivity index (χ0) is 17.9. The molecule has 0 spiro atoms. The maximum atomic E-state index is 12.4. The molecule has 132 valence electrons. The zero-order valence-corrected chi connectivity index (χ0v) is 14.2. The number of hydrogen-bond acceptors (Lipinski definition) is 3. The molecule has 1 atom stereocenters. The monoisotopic (exact) mass is 341 g/mol. The number of amides is 3. The number of nitrogens with one attached hydrogen (secondary N) is 2. The smallest absolute Gasteiger partial charge is 0.316 e. The molecule has 1 aromatic carbocycles. The maximum Gasteiger partial charge on any atom is 0.316 e. The van der Waals surface area contributed by atoms with Gasteiger partial charge in [-0.15, -0.1) is 0 Å². The number of para-hydroxylation sites is 1. The van der Waals surface area contributed by atoms with Gasteiger partial charge in [0.1, 0.15) is 5.54 Å². The molecule has 0 aliphatic heterocycles. The van der Waals surface area contributed by atoms with Crippen molar-refractivity contribution in [1.82, 2.24) is 20.4 Å². The highest BCUT2D eigenvalue weighted by Crippen LogP contribution is 2.29. The van der Waals surface area contributed by atoms with Crippen molar-refractivity contribution in [2.24, 2.45) is 5.73 Å². The van der Waals surface area contributed by atoms with E-state index in [1.54, 1.807) is 10.9 Å². The number of nitrogens with two attached hydrogens (primary N) is 1. The molecule has 1 aliphatic carbocycles. The number of rotatable bonds is 5. The highest BCUT2D eigenvalue weighted by atomic mass is 16.2. The lowest BCUT2D eigenvalue weighted by Crippen LogP contribution is -2.58. The Balaban J connectivity index is 1.73. The summed E-state index contributed by atoms with van der Waals surface area (Å²) in [5.74, 6) is -0.468. The molecule has 0 bridgehead atoms. The second-order valence-corrected chi connectivity index (χ2v) is 6.48. The Kier molecular flexibility index (Phi) is 4.74. The third-order valence-electron chi connectivity index (χ3n) is 4.78. The van der Waals surface area contributed by atoms with Crippen LogP contribution in [0.2, 0.25) is 0 Å². The summed E-state index contributed by atoms with van der Waals surface area (Å²) in [6, 6.07) is 8.93. The Labute approximate surface area is 146 Å². The molecule has 3 rings (SSSR count). The summed E-state index contributed by atoms with van der Waals surface area (Å²) in [7, 11) is 0. The van der Waals surface area contributed by atoms with Crippen LogP contribution < -0.4 is 16.4 Å². The molecule has 2 aromatic rings. The van der Waals surface area contributed by atoms with Crippen molar-refractivity contribution in [3.8, 4) is 5.69 Å². The summed E-state index contributed by atoms with van der Waals surface area (Å²) in [4.78, 5) is 24.2. The van der Waals surface area contributed by atoms with Gasteiger partial charge >= 0.3 is 6.03 Å². The topological polar surface area (TPSA) is 102 Å². The van der Waals surface area contributed by atoms with Crippen molar-refractivity contribution in [2.45, 2.75) is 44.2 Å². The van der Waals surface area contributed by atoms with Crippen molar-refractivity contribution in [2.75, 3.05) is 0 Å². The van der Waals surface area contributed by atoms with Crippen LogP contribution in [0.3, 0.4) is 0 Å². The van der Waals surface area contributed by atoms with Gasteiger partial charge in [0.05, 0.1) is 11.7 Å². The maximum absolute atomic E-state index is 12.4. The molecule has 3 amide bonds. The van der Waals surface area contributed by atoms with Crippen LogP contribution >= 0.6 is 0 Å². The van der Waals surface area contributed by atoms with Crippen LogP contribution in [-0.2, 0) is 4.79 Å². The summed E-state index contributed by atoms with van der Waals surface area (Å²) in [6.45, 7) is 1.90. The molecule has 1 saturated carbocycles. The highest BCUT2D eigenvalue weighted by Gasteiger charge is 2.41. The Hall–Kier alpha value is -2.83. The van der Waals surface area contributed by atoms with E-state index < -0.39 is 11.4 Å². The van der Waals surface area contributed by atoms with Crippen molar-refractivity contribution < 1.29 is 9.59 Å². The van der Waals surface area contributed by atoms with Gasteiger partial charge in [0, 0.05) is 12.4 Å². The van der Waals surface area contributed by atoms with Gasteiger partial charge in [0.2, 0.25) is 5.91 Å². The van der Waals surface area contributed by atoms with Crippen molar-refractivity contribution >= 4 is 11.9 Å². The van der Waals surface area contributed by atoms with Gasteiger partial charge in [0.15, 0.2) is 0 Å². The van der Waals surface area contributed by atoms with Gasteiger partial charge in [-0.3, -0.25) is 4.79 Å². The lowest BCUT2D eigenvalue weighted by molar-refractivity contribution is -0.123. The Bertz CT molecular complexity index is 751. The number of carbonyl (C=O) groups excluding carboxylic acids is 2. The van der Waals surface area contributed by atoms with E-state index in [1.807, 2.05) is 43.5 Å². The molecule has 1 fully saturated rings. The Morgan fingerprint density at radius 1 is 1.24 bits per heavy atom. The van der Waals surface area contributed by atoms with Crippen LogP contribution in [0.15, 0.2) is 42.7 Å². The van der Waals surface area contributed by atoms with Crippen molar-refractivity contribution in [1.29, 1.82) is 0 Å². The van der Waals surface area contributed by atoms with Crippen LogP contribution in [0.1, 0.15) is 44.2 Å². The zero-order valence-electron chi connectivity index (χ0n) is 14.2. The van der Waals surface area contributed by atoms with E-state index in [4.69, 9.17) is 5.73 Å².